The zero-order chi connectivity index (χ0) is 21.7. The van der Waals surface area contributed by atoms with Crippen LogP contribution in [0.5, 0.6) is 0 Å². The van der Waals surface area contributed by atoms with Gasteiger partial charge in [-0.2, -0.15) is 13.2 Å². The van der Waals surface area contributed by atoms with Crippen LogP contribution in [0.15, 0.2) is 28.4 Å². The van der Waals surface area contributed by atoms with Gasteiger partial charge in [-0.3, -0.25) is 4.90 Å². The molecule has 4 heterocycles. The summed E-state index contributed by atoms with van der Waals surface area (Å²) in [5.41, 5.74) is 2.23. The zero-order valence-electron chi connectivity index (χ0n) is 16.3. The molecule has 7 nitrogen and oxygen atoms in total. The molecule has 0 aromatic carbocycles. The predicted molar refractivity (Wildman–Crippen MR) is 101 cm³/mol. The summed E-state index contributed by atoms with van der Waals surface area (Å²) in [6, 6.07) is 2.48. The van der Waals surface area contributed by atoms with E-state index in [2.05, 4.69) is 15.3 Å². The van der Waals surface area contributed by atoms with E-state index in [9.17, 15) is 13.2 Å². The van der Waals surface area contributed by atoms with E-state index in [0.717, 1.165) is 36.8 Å². The summed E-state index contributed by atoms with van der Waals surface area (Å²) in [6.07, 6.45) is 1.08. The Hall–Kier alpha value is -1.95. The fourth-order valence-electron chi connectivity index (χ4n) is 3.62. The van der Waals surface area contributed by atoms with Gasteiger partial charge in [-0.25, -0.2) is 9.78 Å². The molecule has 2 fully saturated rings. The number of nitrogens with zero attached hydrogens (tertiary/aromatic N) is 2. The molecule has 1 N–H and O–H groups in total. The van der Waals surface area contributed by atoms with E-state index < -0.39 is 12.1 Å². The van der Waals surface area contributed by atoms with E-state index in [4.69, 9.17) is 23.8 Å². The van der Waals surface area contributed by atoms with Gasteiger partial charge in [-0.05, 0) is 25.8 Å². The van der Waals surface area contributed by atoms with Crippen LogP contribution < -0.4 is 0 Å². The van der Waals surface area contributed by atoms with Gasteiger partial charge in [0.25, 0.3) is 0 Å². The van der Waals surface area contributed by atoms with Crippen LogP contribution in [0.1, 0.15) is 29.1 Å². The number of alkyl halides is 3. The lowest BCUT2D eigenvalue weighted by molar-refractivity contribution is -0.192. The third kappa shape index (κ3) is 6.03. The van der Waals surface area contributed by atoms with Crippen molar-refractivity contribution in [2.45, 2.75) is 57.3 Å². The van der Waals surface area contributed by atoms with Crippen molar-refractivity contribution in [3.05, 3.63) is 40.2 Å². The first-order valence-corrected chi connectivity index (χ1v) is 10.3. The van der Waals surface area contributed by atoms with Crippen LogP contribution in [-0.4, -0.2) is 58.5 Å². The van der Waals surface area contributed by atoms with Crippen molar-refractivity contribution < 1.29 is 37.0 Å². The summed E-state index contributed by atoms with van der Waals surface area (Å²) in [5.74, 6) is -2.76. The molecule has 0 aliphatic carbocycles. The number of likely N-dealkylation sites (tertiary alicyclic amines) is 1. The number of carboxylic acid groups (broad SMARTS) is 1. The number of hydrogen-bond acceptors (Lipinski definition) is 7. The second-order valence-electron chi connectivity index (χ2n) is 7.12. The molecule has 2 aromatic heterocycles. The maximum atomic E-state index is 10.6. The number of ether oxygens (including phenoxy) is 2. The number of halogens is 3. The van der Waals surface area contributed by atoms with Crippen LogP contribution in [0.3, 0.4) is 0 Å². The number of hydrogen-bond donors (Lipinski definition) is 1. The molecule has 3 atom stereocenters. The smallest absolute Gasteiger partial charge is 0.475 e. The molecule has 0 amide bonds. The molecule has 0 bridgehead atoms. The SMILES string of the molecule is Cc1nc(CO[C@H]2CN(Cc3ccoc3)[C@@H]3CCCO[C@H]23)cs1.O=C(O)C(F)(F)F. The van der Waals surface area contributed by atoms with Crippen molar-refractivity contribution in [3.63, 3.8) is 0 Å². The first-order chi connectivity index (χ1) is 14.2. The fraction of sp³-hybridized carbons (Fsp3) is 0.579. The standard InChI is InChI=1S/C17H22N2O3S.C2HF3O2/c1-12-18-14(11-23-12)10-22-16-8-19(7-13-4-6-20-9-13)15-3-2-5-21-17(15)16;3-2(4,5)1(6)7/h4,6,9,11,15-17H,2-3,5,7-8,10H2,1H3;(H,6,7)/t15-,16+,17+;/m1./s1. The van der Waals surface area contributed by atoms with Crippen molar-refractivity contribution in [2.24, 2.45) is 0 Å². The summed E-state index contributed by atoms with van der Waals surface area (Å²) in [5, 5.41) is 10.3. The largest absolute Gasteiger partial charge is 0.490 e. The fourth-order valence-corrected chi connectivity index (χ4v) is 4.21. The molecule has 0 radical (unpaired) electrons. The average molecular weight is 448 g/mol. The van der Waals surface area contributed by atoms with Gasteiger partial charge in [0.05, 0.1) is 35.9 Å². The minimum atomic E-state index is -5.08. The highest BCUT2D eigenvalue weighted by Gasteiger charge is 2.44. The molecule has 30 heavy (non-hydrogen) atoms. The molecular weight excluding hydrogens is 425 g/mol. The number of aryl methyl sites for hydroxylation is 1. The minimum absolute atomic E-state index is 0.120. The van der Waals surface area contributed by atoms with E-state index >= 15 is 0 Å². The van der Waals surface area contributed by atoms with Crippen molar-refractivity contribution in [3.8, 4) is 0 Å². The molecule has 2 saturated heterocycles. The molecule has 166 valence electrons. The van der Waals surface area contributed by atoms with Crippen LogP contribution in [-0.2, 0) is 27.4 Å². The van der Waals surface area contributed by atoms with Gasteiger partial charge in [0.1, 0.15) is 6.10 Å². The first kappa shape index (κ1) is 22.7. The Labute approximate surface area is 175 Å². The van der Waals surface area contributed by atoms with Gasteiger partial charge in [-0.1, -0.05) is 0 Å². The number of thiazole rings is 1. The molecule has 2 aromatic rings. The zero-order valence-corrected chi connectivity index (χ0v) is 17.1. The molecule has 0 saturated carbocycles. The van der Waals surface area contributed by atoms with Gasteiger partial charge in [0.15, 0.2) is 0 Å². The monoisotopic (exact) mass is 448 g/mol. The number of rotatable bonds is 5. The van der Waals surface area contributed by atoms with E-state index in [1.165, 1.54) is 12.0 Å². The Morgan fingerprint density at radius 2 is 2.23 bits per heavy atom. The predicted octanol–water partition coefficient (Wildman–Crippen LogP) is 3.63. The molecule has 2 aliphatic rings. The molecule has 11 heteroatoms. The van der Waals surface area contributed by atoms with Crippen molar-refractivity contribution in [1.82, 2.24) is 9.88 Å². The quantitative estimate of drug-likeness (QED) is 0.748. The third-order valence-electron chi connectivity index (χ3n) is 4.90. The summed E-state index contributed by atoms with van der Waals surface area (Å²) >= 11 is 1.67. The molecule has 4 rings (SSSR count). The Balaban J connectivity index is 0.000000318. The van der Waals surface area contributed by atoms with Crippen LogP contribution in [0.25, 0.3) is 0 Å². The van der Waals surface area contributed by atoms with E-state index in [0.29, 0.717) is 12.6 Å². The van der Waals surface area contributed by atoms with Crippen LogP contribution in [0.2, 0.25) is 0 Å². The van der Waals surface area contributed by atoms with Gasteiger partial charge in [-0.15, -0.1) is 11.3 Å². The van der Waals surface area contributed by atoms with E-state index in [1.807, 2.05) is 19.3 Å². The van der Waals surface area contributed by atoms with Crippen molar-refractivity contribution in [1.29, 1.82) is 0 Å². The Morgan fingerprint density at radius 1 is 1.47 bits per heavy atom. The normalized spacial score (nSPS) is 24.2. The Kier molecular flexibility index (Phi) is 7.50. The Morgan fingerprint density at radius 3 is 2.83 bits per heavy atom. The summed E-state index contributed by atoms with van der Waals surface area (Å²) in [4.78, 5) is 15.9. The average Bonchev–Trinajstić information content (AvgIpc) is 3.42. The number of aliphatic carboxylic acids is 1. The lowest BCUT2D eigenvalue weighted by Gasteiger charge is -2.32. The number of carbonyl (C=O) groups is 1. The number of aromatic nitrogens is 1. The molecule has 0 spiro atoms. The second-order valence-corrected chi connectivity index (χ2v) is 8.18. The minimum Gasteiger partial charge on any atom is -0.475 e. The summed E-state index contributed by atoms with van der Waals surface area (Å²) < 4.78 is 49.2. The maximum Gasteiger partial charge on any atom is 0.490 e. The Bertz CT molecular complexity index is 811. The summed E-state index contributed by atoms with van der Waals surface area (Å²) in [7, 11) is 0. The first-order valence-electron chi connectivity index (χ1n) is 9.43. The molecule has 2 aliphatic heterocycles. The highest BCUT2D eigenvalue weighted by Crippen LogP contribution is 2.32. The van der Waals surface area contributed by atoms with E-state index in [-0.39, 0.29) is 12.2 Å². The van der Waals surface area contributed by atoms with Crippen LogP contribution in [0, 0.1) is 6.92 Å². The van der Waals surface area contributed by atoms with Crippen molar-refractivity contribution >= 4 is 17.3 Å². The van der Waals surface area contributed by atoms with Crippen LogP contribution >= 0.6 is 11.3 Å². The maximum absolute atomic E-state index is 10.6. The number of fused-ring (bicyclic) bond motifs is 1. The lowest BCUT2D eigenvalue weighted by Crippen LogP contribution is -2.41. The van der Waals surface area contributed by atoms with Gasteiger partial charge >= 0.3 is 12.1 Å². The van der Waals surface area contributed by atoms with Gasteiger partial charge in [0, 0.05) is 36.7 Å². The lowest BCUT2D eigenvalue weighted by atomic mass is 10.0. The highest BCUT2D eigenvalue weighted by atomic mass is 32.1. The topological polar surface area (TPSA) is 85.0 Å². The number of furan rings is 1. The molecular formula is C19H23F3N2O5S. The van der Waals surface area contributed by atoms with Gasteiger partial charge < -0.3 is 19.0 Å². The van der Waals surface area contributed by atoms with Gasteiger partial charge in [0.2, 0.25) is 0 Å². The van der Waals surface area contributed by atoms with Crippen molar-refractivity contribution in [2.75, 3.05) is 13.2 Å². The summed E-state index contributed by atoms with van der Waals surface area (Å²) in [6.45, 7) is 5.24. The number of carboxylic acids is 1. The van der Waals surface area contributed by atoms with E-state index in [1.54, 1.807) is 17.6 Å². The highest BCUT2D eigenvalue weighted by molar-refractivity contribution is 7.09. The molecule has 0 unspecified atom stereocenters. The third-order valence-corrected chi connectivity index (χ3v) is 5.73. The van der Waals surface area contributed by atoms with Crippen LogP contribution in [0.4, 0.5) is 13.2 Å². The second kappa shape index (κ2) is 9.90.